The Bertz CT molecular complexity index is 820. The van der Waals surface area contributed by atoms with E-state index in [0.717, 1.165) is 11.8 Å². The maximum atomic E-state index is 12.7. The molecular weight excluding hydrogens is 361 g/mol. The second-order valence-corrected chi connectivity index (χ2v) is 8.54. The van der Waals surface area contributed by atoms with Gasteiger partial charge in [0, 0.05) is 29.4 Å². The van der Waals surface area contributed by atoms with E-state index in [1.165, 1.54) is 37.2 Å². The van der Waals surface area contributed by atoms with Gasteiger partial charge < -0.3 is 5.73 Å². The molecule has 2 aromatic heterocycles. The largest absolute Gasteiger partial charge is 0.446 e. The van der Waals surface area contributed by atoms with Gasteiger partial charge in [0.05, 0.1) is 10.6 Å². The van der Waals surface area contributed by atoms with Gasteiger partial charge in [0.1, 0.15) is 5.82 Å². The van der Waals surface area contributed by atoms with Crippen LogP contribution < -0.4 is 5.73 Å². The quantitative estimate of drug-likeness (QED) is 0.735. The molecule has 0 saturated heterocycles. The molecule has 0 aliphatic heterocycles. The van der Waals surface area contributed by atoms with Gasteiger partial charge >= 0.3 is 5.51 Å². The number of hydrogen-bond donors (Lipinski definition) is 1. The second kappa shape index (κ2) is 6.18. The first-order chi connectivity index (χ1) is 12.2. The highest BCUT2D eigenvalue weighted by Crippen LogP contribution is 2.63. The lowest BCUT2D eigenvalue weighted by atomic mass is 10.1. The summed E-state index contributed by atoms with van der Waals surface area (Å²) in [6.07, 6.45) is 5.34. The molecule has 26 heavy (non-hydrogen) atoms. The Morgan fingerprint density at radius 3 is 2.54 bits per heavy atom. The fourth-order valence-electron chi connectivity index (χ4n) is 4.27. The van der Waals surface area contributed by atoms with E-state index in [9.17, 15) is 13.2 Å². The predicted octanol–water partition coefficient (Wildman–Crippen LogP) is 5.23. The van der Waals surface area contributed by atoms with Crippen molar-refractivity contribution < 1.29 is 13.2 Å². The maximum absolute atomic E-state index is 12.7. The van der Waals surface area contributed by atoms with Crippen molar-refractivity contribution in [3.63, 3.8) is 0 Å². The number of anilines is 1. The third-order valence-corrected chi connectivity index (χ3v) is 6.18. The summed E-state index contributed by atoms with van der Waals surface area (Å²) in [6.45, 7) is 4.15. The molecule has 0 unspecified atom stereocenters. The molecule has 8 heteroatoms. The van der Waals surface area contributed by atoms with Crippen LogP contribution in [-0.4, -0.2) is 20.3 Å². The van der Waals surface area contributed by atoms with Crippen LogP contribution in [0.25, 0.3) is 11.3 Å². The number of halogens is 3. The van der Waals surface area contributed by atoms with E-state index < -0.39 is 5.51 Å². The highest BCUT2D eigenvalue weighted by Gasteiger charge is 2.54. The first kappa shape index (κ1) is 17.7. The lowest BCUT2D eigenvalue weighted by Gasteiger charge is -2.12. The van der Waals surface area contributed by atoms with Gasteiger partial charge in [-0.2, -0.15) is 18.3 Å². The summed E-state index contributed by atoms with van der Waals surface area (Å²) in [5.74, 6) is 1.92. The number of pyridine rings is 1. The molecule has 2 aliphatic carbocycles. The number of nitrogens with zero attached hydrogens (tertiary/aromatic N) is 3. The van der Waals surface area contributed by atoms with Crippen molar-refractivity contribution in [1.82, 2.24) is 14.8 Å². The Morgan fingerprint density at radius 2 is 1.92 bits per heavy atom. The number of rotatable bonds is 4. The predicted molar refractivity (Wildman–Crippen MR) is 95.7 cm³/mol. The van der Waals surface area contributed by atoms with Crippen molar-refractivity contribution >= 4 is 17.6 Å². The molecule has 0 aromatic carbocycles. The fourth-order valence-corrected chi connectivity index (χ4v) is 4.87. The number of fused-ring (bicyclic) bond motifs is 1. The monoisotopic (exact) mass is 382 g/mol. The van der Waals surface area contributed by atoms with Crippen molar-refractivity contribution in [1.29, 1.82) is 0 Å². The fraction of sp³-hybridized carbons (Fsp3) is 0.556. The van der Waals surface area contributed by atoms with E-state index in [0.29, 0.717) is 17.2 Å². The third kappa shape index (κ3) is 3.19. The molecule has 4 rings (SSSR count). The van der Waals surface area contributed by atoms with Crippen LogP contribution in [0.1, 0.15) is 50.8 Å². The summed E-state index contributed by atoms with van der Waals surface area (Å²) in [6, 6.07) is 3.66. The van der Waals surface area contributed by atoms with Gasteiger partial charge in [-0.1, -0.05) is 6.42 Å². The van der Waals surface area contributed by atoms with Crippen LogP contribution in [-0.2, 0) is 0 Å². The van der Waals surface area contributed by atoms with Crippen LogP contribution in [0.5, 0.6) is 0 Å². The van der Waals surface area contributed by atoms with Gasteiger partial charge in [-0.15, -0.1) is 0 Å². The summed E-state index contributed by atoms with van der Waals surface area (Å²) in [7, 11) is 0. The zero-order valence-corrected chi connectivity index (χ0v) is 15.4. The number of nitrogens with two attached hydrogens (primary N) is 1. The Kier molecular flexibility index (Phi) is 4.21. The van der Waals surface area contributed by atoms with E-state index in [1.807, 2.05) is 10.7 Å². The Labute approximate surface area is 154 Å². The van der Waals surface area contributed by atoms with E-state index in [2.05, 4.69) is 23.9 Å². The maximum Gasteiger partial charge on any atom is 0.446 e. The molecule has 0 bridgehead atoms. The van der Waals surface area contributed by atoms with E-state index >= 15 is 0 Å². The van der Waals surface area contributed by atoms with Crippen molar-refractivity contribution in [2.75, 3.05) is 5.73 Å². The van der Waals surface area contributed by atoms with Crippen LogP contribution in [0.15, 0.2) is 23.2 Å². The van der Waals surface area contributed by atoms with Crippen molar-refractivity contribution in [2.24, 2.45) is 11.8 Å². The minimum absolute atomic E-state index is 0.0843. The summed E-state index contributed by atoms with van der Waals surface area (Å²) < 4.78 is 40.2. The minimum atomic E-state index is -4.40. The number of nitrogen functional groups attached to an aromatic ring is 1. The topological polar surface area (TPSA) is 56.7 Å². The van der Waals surface area contributed by atoms with Crippen LogP contribution in [0.4, 0.5) is 19.0 Å². The molecule has 140 valence electrons. The van der Waals surface area contributed by atoms with E-state index in [-0.39, 0.29) is 28.5 Å². The van der Waals surface area contributed by atoms with Crippen LogP contribution in [0, 0.1) is 11.8 Å². The second-order valence-electron chi connectivity index (χ2n) is 7.43. The number of hydrogen-bond acceptors (Lipinski definition) is 4. The summed E-state index contributed by atoms with van der Waals surface area (Å²) >= 11 is -0.236. The molecule has 2 heterocycles. The van der Waals surface area contributed by atoms with Crippen LogP contribution in [0.2, 0.25) is 0 Å². The van der Waals surface area contributed by atoms with Gasteiger partial charge in [-0.25, -0.2) is 4.98 Å². The average molecular weight is 382 g/mol. The molecule has 2 fully saturated rings. The third-order valence-electron chi connectivity index (χ3n) is 5.41. The minimum Gasteiger partial charge on any atom is -0.383 e. The van der Waals surface area contributed by atoms with Crippen molar-refractivity contribution in [2.45, 2.75) is 55.5 Å². The standard InChI is InChI=1S/C18H21F3N4S/c1-9(2)25-14(16-11-4-3-5-12(11)16)7-13(24-25)10-6-15(17(22)23-8-10)26-18(19,20)21/h6-9,11-12,16H,3-5H2,1-2H3,(H2,22,23)/t11-,12+,16+. The van der Waals surface area contributed by atoms with Gasteiger partial charge in [0.2, 0.25) is 0 Å². The van der Waals surface area contributed by atoms with E-state index in [1.54, 1.807) is 0 Å². The Morgan fingerprint density at radius 1 is 1.23 bits per heavy atom. The Hall–Kier alpha value is -1.70. The van der Waals surface area contributed by atoms with Gasteiger partial charge in [0.15, 0.2) is 0 Å². The number of alkyl halides is 3. The SMILES string of the molecule is CC(C)n1nc(-c2cnc(N)c(SC(F)(F)F)c2)cc1[C@H]1[C@@H]2CCC[C@@H]21. The summed E-state index contributed by atoms with van der Waals surface area (Å²) in [5.41, 5.74) is 3.65. The lowest BCUT2D eigenvalue weighted by molar-refractivity contribution is -0.0328. The molecule has 3 atom stereocenters. The molecule has 0 spiro atoms. The first-order valence-corrected chi connectivity index (χ1v) is 9.67. The Balaban J connectivity index is 1.69. The highest BCUT2D eigenvalue weighted by molar-refractivity contribution is 8.00. The zero-order chi connectivity index (χ0) is 18.6. The van der Waals surface area contributed by atoms with Crippen molar-refractivity contribution in [3.8, 4) is 11.3 Å². The van der Waals surface area contributed by atoms with Gasteiger partial charge in [-0.3, -0.25) is 4.68 Å². The summed E-state index contributed by atoms with van der Waals surface area (Å²) in [4.78, 5) is 3.86. The van der Waals surface area contributed by atoms with Crippen molar-refractivity contribution in [3.05, 3.63) is 24.0 Å². The molecule has 2 aromatic rings. The summed E-state index contributed by atoms with van der Waals surface area (Å²) in [5, 5.41) is 4.68. The van der Waals surface area contributed by atoms with Gasteiger partial charge in [-0.05, 0) is 62.4 Å². The number of thioether (sulfide) groups is 1. The van der Waals surface area contributed by atoms with Crippen LogP contribution >= 0.6 is 11.8 Å². The van der Waals surface area contributed by atoms with Crippen LogP contribution in [0.3, 0.4) is 0 Å². The van der Waals surface area contributed by atoms with Gasteiger partial charge in [0.25, 0.3) is 0 Å². The highest BCUT2D eigenvalue weighted by atomic mass is 32.2. The number of aromatic nitrogens is 3. The molecule has 0 amide bonds. The smallest absolute Gasteiger partial charge is 0.383 e. The lowest BCUT2D eigenvalue weighted by Crippen LogP contribution is -2.08. The molecule has 2 N–H and O–H groups in total. The zero-order valence-electron chi connectivity index (χ0n) is 14.6. The molecule has 4 nitrogen and oxygen atoms in total. The normalized spacial score (nSPS) is 24.9. The molecule has 0 radical (unpaired) electrons. The van der Waals surface area contributed by atoms with E-state index in [4.69, 9.17) is 5.73 Å². The first-order valence-electron chi connectivity index (χ1n) is 8.85. The molecule has 2 saturated carbocycles. The average Bonchev–Trinajstić information content (AvgIpc) is 2.92. The molecular formula is C18H21F3N4S. The molecule has 2 aliphatic rings.